The normalized spacial score (nSPS) is 10.1. The maximum atomic E-state index is 11.6. The van der Waals surface area contributed by atoms with Gasteiger partial charge in [-0.05, 0) is 54.7 Å². The highest BCUT2D eigenvalue weighted by atomic mass is 35.5. The van der Waals surface area contributed by atoms with Crippen molar-refractivity contribution in [2.45, 2.75) is 0 Å². The Labute approximate surface area is 172 Å². The molecule has 0 saturated carbocycles. The molecule has 0 bridgehead atoms. The average molecular weight is 413 g/mol. The summed E-state index contributed by atoms with van der Waals surface area (Å²) in [6.07, 6.45) is 1.46. The van der Waals surface area contributed by atoms with Gasteiger partial charge in [0.1, 0.15) is 5.75 Å². The first kappa shape index (κ1) is 19.6. The van der Waals surface area contributed by atoms with Crippen LogP contribution in [0.25, 0.3) is 0 Å². The Bertz CT molecular complexity index is 978. The predicted octanol–water partition coefficient (Wildman–Crippen LogP) is 4.70. The van der Waals surface area contributed by atoms with E-state index in [2.05, 4.69) is 20.9 Å². The molecule has 0 aliphatic heterocycles. The summed E-state index contributed by atoms with van der Waals surface area (Å²) < 4.78 is 5.74. The monoisotopic (exact) mass is 412 g/mol. The van der Waals surface area contributed by atoms with Gasteiger partial charge in [-0.25, -0.2) is 4.98 Å². The van der Waals surface area contributed by atoms with Crippen molar-refractivity contribution in [2.75, 3.05) is 17.7 Å². The smallest absolute Gasteiger partial charge is 0.252 e. The van der Waals surface area contributed by atoms with Gasteiger partial charge < -0.3 is 20.7 Å². The molecule has 0 aliphatic carbocycles. The van der Waals surface area contributed by atoms with E-state index in [1.165, 1.54) is 6.20 Å². The summed E-state index contributed by atoms with van der Waals surface area (Å²) in [5.74, 6) is 0.762. The number of benzene rings is 2. The van der Waals surface area contributed by atoms with Crippen molar-refractivity contribution >= 4 is 46.2 Å². The van der Waals surface area contributed by atoms with Gasteiger partial charge in [0.05, 0.1) is 5.56 Å². The summed E-state index contributed by atoms with van der Waals surface area (Å²) in [7, 11) is 1.57. The standard InChI is InChI=1S/C20H17ClN4O2S/c1-22-19(26)13-5-10-18(23-12-13)27-17-4-2-3-16(11-17)25-20(28)24-15-8-6-14(21)7-9-15/h2-12H,1H3,(H,22,26)(H2,24,25,28). The maximum absolute atomic E-state index is 11.6. The largest absolute Gasteiger partial charge is 0.439 e. The zero-order valence-electron chi connectivity index (χ0n) is 14.9. The van der Waals surface area contributed by atoms with Crippen LogP contribution >= 0.6 is 23.8 Å². The maximum Gasteiger partial charge on any atom is 0.252 e. The van der Waals surface area contributed by atoms with Gasteiger partial charge in [0.25, 0.3) is 5.91 Å². The minimum absolute atomic E-state index is 0.202. The van der Waals surface area contributed by atoms with Crippen LogP contribution in [0.1, 0.15) is 10.4 Å². The molecule has 1 amide bonds. The SMILES string of the molecule is CNC(=O)c1ccc(Oc2cccc(NC(=S)Nc3ccc(Cl)cc3)c2)nc1. The number of aromatic nitrogens is 1. The summed E-state index contributed by atoms with van der Waals surface area (Å²) in [6.45, 7) is 0. The lowest BCUT2D eigenvalue weighted by molar-refractivity contribution is 0.0962. The first-order chi connectivity index (χ1) is 13.5. The lowest BCUT2D eigenvalue weighted by Crippen LogP contribution is -2.18. The zero-order chi connectivity index (χ0) is 19.9. The highest BCUT2D eigenvalue weighted by Gasteiger charge is 2.06. The van der Waals surface area contributed by atoms with Crippen molar-refractivity contribution in [3.8, 4) is 11.6 Å². The Kier molecular flexibility index (Phi) is 6.41. The summed E-state index contributed by atoms with van der Waals surface area (Å²) in [5, 5.41) is 9.82. The lowest BCUT2D eigenvalue weighted by Gasteiger charge is -2.12. The van der Waals surface area contributed by atoms with Gasteiger partial charge in [-0.2, -0.15) is 0 Å². The van der Waals surface area contributed by atoms with E-state index in [-0.39, 0.29) is 5.91 Å². The Morgan fingerprint density at radius 1 is 1.04 bits per heavy atom. The molecule has 6 nitrogen and oxygen atoms in total. The van der Waals surface area contributed by atoms with Gasteiger partial charge in [0.2, 0.25) is 5.88 Å². The van der Waals surface area contributed by atoms with E-state index < -0.39 is 0 Å². The average Bonchev–Trinajstić information content (AvgIpc) is 2.70. The van der Waals surface area contributed by atoms with Crippen LogP contribution < -0.4 is 20.7 Å². The fourth-order valence-corrected chi connectivity index (χ4v) is 2.67. The van der Waals surface area contributed by atoms with Crippen LogP contribution in [-0.4, -0.2) is 23.1 Å². The van der Waals surface area contributed by atoms with Crippen molar-refractivity contribution in [1.29, 1.82) is 0 Å². The van der Waals surface area contributed by atoms with Crippen LogP contribution in [0.5, 0.6) is 11.6 Å². The summed E-state index contributed by atoms with van der Waals surface area (Å²) in [4.78, 5) is 15.7. The Balaban J connectivity index is 1.62. The van der Waals surface area contributed by atoms with Crippen LogP contribution in [0.2, 0.25) is 5.02 Å². The number of ether oxygens (including phenoxy) is 1. The third-order valence-corrected chi connectivity index (χ3v) is 4.10. The number of carbonyl (C=O) groups excluding carboxylic acids is 1. The fraction of sp³-hybridized carbons (Fsp3) is 0.0500. The van der Waals surface area contributed by atoms with Crippen LogP contribution in [0.15, 0.2) is 66.9 Å². The molecule has 1 heterocycles. The number of nitrogens with zero attached hydrogens (tertiary/aromatic N) is 1. The number of halogens is 1. The van der Waals surface area contributed by atoms with Crippen molar-refractivity contribution in [3.63, 3.8) is 0 Å². The van der Waals surface area contributed by atoms with Crippen molar-refractivity contribution in [2.24, 2.45) is 0 Å². The number of hydrogen-bond acceptors (Lipinski definition) is 4. The zero-order valence-corrected chi connectivity index (χ0v) is 16.5. The fourth-order valence-electron chi connectivity index (χ4n) is 2.30. The highest BCUT2D eigenvalue weighted by molar-refractivity contribution is 7.80. The number of anilines is 2. The number of carbonyl (C=O) groups is 1. The molecule has 2 aromatic carbocycles. The molecule has 0 fully saturated rings. The topological polar surface area (TPSA) is 75.3 Å². The molecule has 28 heavy (non-hydrogen) atoms. The van der Waals surface area contributed by atoms with E-state index in [0.717, 1.165) is 11.4 Å². The second kappa shape index (κ2) is 9.16. The lowest BCUT2D eigenvalue weighted by atomic mass is 10.2. The van der Waals surface area contributed by atoms with Crippen molar-refractivity contribution in [1.82, 2.24) is 10.3 Å². The van der Waals surface area contributed by atoms with E-state index in [4.69, 9.17) is 28.6 Å². The third kappa shape index (κ3) is 5.42. The van der Waals surface area contributed by atoms with Crippen molar-refractivity contribution < 1.29 is 9.53 Å². The van der Waals surface area contributed by atoms with E-state index in [9.17, 15) is 4.79 Å². The minimum atomic E-state index is -0.202. The molecule has 8 heteroatoms. The number of nitrogens with one attached hydrogen (secondary N) is 3. The van der Waals surface area contributed by atoms with Gasteiger partial charge in [-0.1, -0.05) is 17.7 Å². The molecule has 3 N–H and O–H groups in total. The second-order valence-corrected chi connectivity index (χ2v) is 6.52. The molecule has 0 aliphatic rings. The number of pyridine rings is 1. The quantitative estimate of drug-likeness (QED) is 0.527. The molecule has 0 spiro atoms. The van der Waals surface area contributed by atoms with Gasteiger partial charge in [-0.15, -0.1) is 0 Å². The second-order valence-electron chi connectivity index (χ2n) is 5.68. The number of thiocarbonyl (C=S) groups is 1. The van der Waals surface area contributed by atoms with E-state index in [1.807, 2.05) is 24.3 Å². The predicted molar refractivity (Wildman–Crippen MR) is 115 cm³/mol. The van der Waals surface area contributed by atoms with Crippen LogP contribution in [-0.2, 0) is 0 Å². The number of hydrogen-bond donors (Lipinski definition) is 3. The molecule has 3 rings (SSSR count). The van der Waals surface area contributed by atoms with Crippen molar-refractivity contribution in [3.05, 3.63) is 77.4 Å². The molecule has 142 valence electrons. The van der Waals surface area contributed by atoms with E-state index in [1.54, 1.807) is 43.4 Å². The summed E-state index contributed by atoms with van der Waals surface area (Å²) in [6, 6.07) is 17.8. The molecule has 1 aromatic heterocycles. The van der Waals surface area contributed by atoms with E-state index in [0.29, 0.717) is 27.3 Å². The number of amides is 1. The first-order valence-electron chi connectivity index (χ1n) is 8.33. The molecule has 3 aromatic rings. The van der Waals surface area contributed by atoms with Gasteiger partial charge in [0, 0.05) is 41.8 Å². The third-order valence-electron chi connectivity index (χ3n) is 3.64. The van der Waals surface area contributed by atoms with E-state index >= 15 is 0 Å². The number of rotatable bonds is 5. The molecular formula is C20H17ClN4O2S. The van der Waals surface area contributed by atoms with Crippen LogP contribution in [0.4, 0.5) is 11.4 Å². The minimum Gasteiger partial charge on any atom is -0.439 e. The summed E-state index contributed by atoms with van der Waals surface area (Å²) >= 11 is 11.2. The van der Waals surface area contributed by atoms with Crippen LogP contribution in [0.3, 0.4) is 0 Å². The highest BCUT2D eigenvalue weighted by Crippen LogP contribution is 2.23. The molecule has 0 atom stereocenters. The Morgan fingerprint density at radius 2 is 1.79 bits per heavy atom. The van der Waals surface area contributed by atoms with Gasteiger partial charge in [0.15, 0.2) is 5.11 Å². The molecule has 0 radical (unpaired) electrons. The first-order valence-corrected chi connectivity index (χ1v) is 9.12. The molecular weight excluding hydrogens is 396 g/mol. The molecule has 0 saturated heterocycles. The Hall–Kier alpha value is -3.16. The van der Waals surface area contributed by atoms with Gasteiger partial charge in [-0.3, -0.25) is 4.79 Å². The van der Waals surface area contributed by atoms with Gasteiger partial charge >= 0.3 is 0 Å². The molecule has 0 unspecified atom stereocenters. The summed E-state index contributed by atoms with van der Waals surface area (Å²) in [5.41, 5.74) is 2.05. The van der Waals surface area contributed by atoms with Crippen LogP contribution in [0, 0.1) is 0 Å². The Morgan fingerprint density at radius 3 is 2.46 bits per heavy atom.